The number of rotatable bonds is 8. The van der Waals surface area contributed by atoms with Gasteiger partial charge in [-0.15, -0.1) is 0 Å². The molecule has 34 heavy (non-hydrogen) atoms. The summed E-state index contributed by atoms with van der Waals surface area (Å²) in [6.07, 6.45) is 5.17. The number of nitrogens with zero attached hydrogens (tertiary/aromatic N) is 3. The van der Waals surface area contributed by atoms with E-state index in [1.165, 1.54) is 12.1 Å². The maximum Gasteiger partial charge on any atom is 0.264 e. The number of halogens is 1. The number of carbonyl (C=O) groups excluding carboxylic acids is 1. The van der Waals surface area contributed by atoms with Gasteiger partial charge in [-0.3, -0.25) is 9.10 Å². The molecule has 1 amide bonds. The number of sulfonamides is 1. The standard InChI is InChI=1S/C25H23ClN4O3S/c1-19-15-21(26)11-12-23(19)30(34(32,33)22-8-3-2-4-9-22)17-25(31)28-16-20-7-5-6-10-24(20)29-14-13-27-18-29/h2-15,18H,16-17H2,1H3,(H,28,31). The van der Waals surface area contributed by atoms with Gasteiger partial charge >= 0.3 is 0 Å². The molecule has 3 aromatic carbocycles. The number of para-hydroxylation sites is 1. The van der Waals surface area contributed by atoms with Gasteiger partial charge in [-0.05, 0) is 54.4 Å². The molecule has 0 aliphatic rings. The summed E-state index contributed by atoms with van der Waals surface area (Å²) < 4.78 is 30.0. The summed E-state index contributed by atoms with van der Waals surface area (Å²) >= 11 is 6.08. The third-order valence-corrected chi connectivity index (χ3v) is 7.31. The fraction of sp³-hybridized carbons (Fsp3) is 0.120. The highest BCUT2D eigenvalue weighted by molar-refractivity contribution is 7.92. The Hall–Kier alpha value is -3.62. The summed E-state index contributed by atoms with van der Waals surface area (Å²) in [5.41, 5.74) is 2.78. The van der Waals surface area contributed by atoms with Gasteiger partial charge in [0.2, 0.25) is 5.91 Å². The fourth-order valence-electron chi connectivity index (χ4n) is 3.61. The quantitative estimate of drug-likeness (QED) is 0.395. The predicted molar refractivity (Wildman–Crippen MR) is 133 cm³/mol. The zero-order valence-corrected chi connectivity index (χ0v) is 20.0. The van der Waals surface area contributed by atoms with Crippen LogP contribution in [0, 0.1) is 6.92 Å². The third kappa shape index (κ3) is 5.13. The van der Waals surface area contributed by atoms with Crippen LogP contribution < -0.4 is 9.62 Å². The maximum atomic E-state index is 13.5. The van der Waals surface area contributed by atoms with E-state index in [-0.39, 0.29) is 18.0 Å². The second-order valence-corrected chi connectivity index (χ2v) is 9.93. The zero-order valence-electron chi connectivity index (χ0n) is 18.4. The van der Waals surface area contributed by atoms with Crippen LogP contribution in [0.2, 0.25) is 5.02 Å². The van der Waals surface area contributed by atoms with Crippen LogP contribution in [0.15, 0.2) is 96.4 Å². The molecule has 0 bridgehead atoms. The number of nitrogens with one attached hydrogen (secondary N) is 1. The highest BCUT2D eigenvalue weighted by atomic mass is 35.5. The number of anilines is 1. The third-order valence-electron chi connectivity index (χ3n) is 5.30. The SMILES string of the molecule is Cc1cc(Cl)ccc1N(CC(=O)NCc1ccccc1-n1ccnc1)S(=O)(=O)c1ccccc1. The normalized spacial score (nSPS) is 11.2. The van der Waals surface area contributed by atoms with Crippen molar-refractivity contribution in [1.82, 2.24) is 14.9 Å². The molecule has 7 nitrogen and oxygen atoms in total. The molecule has 1 aromatic heterocycles. The number of hydrogen-bond donors (Lipinski definition) is 1. The predicted octanol–water partition coefficient (Wildman–Crippen LogP) is 4.35. The Morgan fingerprint density at radius 3 is 2.50 bits per heavy atom. The Labute approximate surface area is 203 Å². The number of aromatic nitrogens is 2. The average Bonchev–Trinajstić information content (AvgIpc) is 3.37. The van der Waals surface area contributed by atoms with E-state index in [2.05, 4.69) is 10.3 Å². The van der Waals surface area contributed by atoms with Crippen LogP contribution in [0.3, 0.4) is 0 Å². The minimum absolute atomic E-state index is 0.0996. The molecular formula is C25H23ClN4O3S. The highest BCUT2D eigenvalue weighted by Crippen LogP contribution is 2.28. The number of benzene rings is 3. The Balaban J connectivity index is 1.60. The molecule has 0 fully saturated rings. The van der Waals surface area contributed by atoms with Gasteiger partial charge in [-0.25, -0.2) is 13.4 Å². The average molecular weight is 495 g/mol. The van der Waals surface area contributed by atoms with E-state index in [0.717, 1.165) is 15.6 Å². The number of aryl methyl sites for hydroxylation is 1. The van der Waals surface area contributed by atoms with Crippen LogP contribution in [0.5, 0.6) is 0 Å². The van der Waals surface area contributed by atoms with Crippen molar-refractivity contribution in [3.05, 3.63) is 108 Å². The second kappa shape index (κ2) is 10.1. The number of imidazole rings is 1. The summed E-state index contributed by atoms with van der Waals surface area (Å²) in [5.74, 6) is -0.436. The Morgan fingerprint density at radius 2 is 1.79 bits per heavy atom. The van der Waals surface area contributed by atoms with Gasteiger partial charge in [0.1, 0.15) is 6.54 Å². The van der Waals surface area contributed by atoms with Crippen molar-refractivity contribution in [2.75, 3.05) is 10.8 Å². The minimum Gasteiger partial charge on any atom is -0.350 e. The molecule has 0 saturated carbocycles. The smallest absolute Gasteiger partial charge is 0.264 e. The number of hydrogen-bond acceptors (Lipinski definition) is 4. The summed E-state index contributed by atoms with van der Waals surface area (Å²) in [6.45, 7) is 1.60. The number of amides is 1. The molecule has 4 aromatic rings. The molecule has 0 saturated heterocycles. The van der Waals surface area contributed by atoms with E-state index < -0.39 is 15.9 Å². The molecule has 1 heterocycles. The van der Waals surface area contributed by atoms with Crippen molar-refractivity contribution >= 4 is 33.2 Å². The first-order valence-corrected chi connectivity index (χ1v) is 12.3. The van der Waals surface area contributed by atoms with Crippen molar-refractivity contribution in [1.29, 1.82) is 0 Å². The first kappa shape index (κ1) is 23.5. The molecule has 0 spiro atoms. The van der Waals surface area contributed by atoms with Gasteiger partial charge in [0, 0.05) is 24.0 Å². The molecule has 174 valence electrons. The molecule has 0 atom stereocenters. The van der Waals surface area contributed by atoms with Crippen LogP contribution in [-0.4, -0.2) is 30.4 Å². The molecule has 0 aliphatic heterocycles. The van der Waals surface area contributed by atoms with E-state index in [4.69, 9.17) is 11.6 Å². The van der Waals surface area contributed by atoms with Crippen molar-refractivity contribution < 1.29 is 13.2 Å². The van der Waals surface area contributed by atoms with Gasteiger partial charge in [0.15, 0.2) is 0 Å². The van der Waals surface area contributed by atoms with E-state index in [0.29, 0.717) is 16.3 Å². The van der Waals surface area contributed by atoms with E-state index >= 15 is 0 Å². The summed E-state index contributed by atoms with van der Waals surface area (Å²) in [4.78, 5) is 17.2. The lowest BCUT2D eigenvalue weighted by Gasteiger charge is -2.26. The molecule has 0 radical (unpaired) electrons. The lowest BCUT2D eigenvalue weighted by Crippen LogP contribution is -2.41. The molecule has 4 rings (SSSR count). The lowest BCUT2D eigenvalue weighted by molar-refractivity contribution is -0.119. The number of carbonyl (C=O) groups is 1. The Bertz CT molecular complexity index is 1390. The summed E-state index contributed by atoms with van der Waals surface area (Å²) in [7, 11) is -3.99. The molecule has 0 unspecified atom stereocenters. The van der Waals surface area contributed by atoms with E-state index in [1.54, 1.807) is 55.8 Å². The minimum atomic E-state index is -3.99. The Morgan fingerprint density at radius 1 is 1.06 bits per heavy atom. The van der Waals surface area contributed by atoms with Gasteiger partial charge in [-0.1, -0.05) is 48.0 Å². The summed E-state index contributed by atoms with van der Waals surface area (Å²) in [5, 5.41) is 3.34. The van der Waals surface area contributed by atoms with Gasteiger partial charge in [0.25, 0.3) is 10.0 Å². The zero-order chi connectivity index (χ0) is 24.1. The highest BCUT2D eigenvalue weighted by Gasteiger charge is 2.28. The van der Waals surface area contributed by atoms with Crippen LogP contribution in [0.1, 0.15) is 11.1 Å². The van der Waals surface area contributed by atoms with Crippen LogP contribution >= 0.6 is 11.6 Å². The molecular weight excluding hydrogens is 472 g/mol. The van der Waals surface area contributed by atoms with Crippen molar-refractivity contribution in [3.63, 3.8) is 0 Å². The van der Waals surface area contributed by atoms with Gasteiger partial charge in [-0.2, -0.15) is 0 Å². The monoisotopic (exact) mass is 494 g/mol. The van der Waals surface area contributed by atoms with Crippen LogP contribution in [0.4, 0.5) is 5.69 Å². The summed E-state index contributed by atoms with van der Waals surface area (Å²) in [6, 6.07) is 20.5. The van der Waals surface area contributed by atoms with Crippen LogP contribution in [-0.2, 0) is 21.4 Å². The van der Waals surface area contributed by atoms with Crippen molar-refractivity contribution in [3.8, 4) is 5.69 Å². The van der Waals surface area contributed by atoms with E-state index in [1.807, 2.05) is 35.0 Å². The Kier molecular flexibility index (Phi) is 7.00. The maximum absolute atomic E-state index is 13.5. The second-order valence-electron chi connectivity index (χ2n) is 7.63. The van der Waals surface area contributed by atoms with Crippen LogP contribution in [0.25, 0.3) is 5.69 Å². The fourth-order valence-corrected chi connectivity index (χ4v) is 5.35. The largest absolute Gasteiger partial charge is 0.350 e. The first-order chi connectivity index (χ1) is 16.4. The van der Waals surface area contributed by atoms with Crippen molar-refractivity contribution in [2.24, 2.45) is 0 Å². The first-order valence-electron chi connectivity index (χ1n) is 10.5. The topological polar surface area (TPSA) is 84.3 Å². The van der Waals surface area contributed by atoms with Gasteiger partial charge in [0.05, 0.1) is 22.6 Å². The molecule has 1 N–H and O–H groups in total. The lowest BCUT2D eigenvalue weighted by atomic mass is 10.1. The van der Waals surface area contributed by atoms with Gasteiger partial charge < -0.3 is 9.88 Å². The molecule has 9 heteroatoms. The van der Waals surface area contributed by atoms with Crippen molar-refractivity contribution in [2.45, 2.75) is 18.4 Å². The molecule has 0 aliphatic carbocycles. The van der Waals surface area contributed by atoms with E-state index in [9.17, 15) is 13.2 Å².